The lowest BCUT2D eigenvalue weighted by Crippen LogP contribution is -2.12. The number of fused-ring (bicyclic) bond motifs is 7. The molecule has 0 aliphatic carbocycles. The van der Waals surface area contributed by atoms with Gasteiger partial charge in [0.25, 0.3) is 0 Å². The maximum absolute atomic E-state index is 13.3. The molecule has 7 rings (SSSR count). The number of aromatic nitrogens is 1. The van der Waals surface area contributed by atoms with E-state index in [0.29, 0.717) is 49.6 Å². The molecule has 0 fully saturated rings. The number of aryl methyl sites for hydroxylation is 1. The van der Waals surface area contributed by atoms with Gasteiger partial charge in [0.05, 0.1) is 0 Å². The van der Waals surface area contributed by atoms with Crippen LogP contribution in [0, 0.1) is 0 Å². The Labute approximate surface area is 196 Å². The molecule has 5 heteroatoms. The van der Waals surface area contributed by atoms with E-state index in [2.05, 4.69) is 0 Å². The number of hydrogen-bond donors (Lipinski definition) is 0. The second-order valence-corrected chi connectivity index (χ2v) is 8.98. The van der Waals surface area contributed by atoms with Crippen LogP contribution < -0.4 is 21.7 Å². The van der Waals surface area contributed by atoms with Gasteiger partial charge in [0.1, 0.15) is 0 Å². The quantitative estimate of drug-likeness (QED) is 0.335. The van der Waals surface area contributed by atoms with Crippen molar-refractivity contribution in [2.45, 2.75) is 13.5 Å². The van der Waals surface area contributed by atoms with Crippen LogP contribution in [0.2, 0.25) is 0 Å². The topological polar surface area (TPSA) is 73.2 Å². The van der Waals surface area contributed by atoms with Crippen molar-refractivity contribution in [3.05, 3.63) is 114 Å². The molecule has 1 heterocycles. The number of rotatable bonds is 1. The summed E-state index contributed by atoms with van der Waals surface area (Å²) in [5, 5.41) is 4.67. The van der Waals surface area contributed by atoms with Gasteiger partial charge in [-0.3, -0.25) is 19.2 Å². The Hall–Kier alpha value is -4.64. The largest absolute Gasteiger partial charge is 0.341 e. The third-order valence-corrected chi connectivity index (χ3v) is 7.27. The summed E-state index contributed by atoms with van der Waals surface area (Å²) in [5.74, 6) is 0. The molecule has 35 heavy (non-hydrogen) atoms. The average Bonchev–Trinajstić information content (AvgIpc) is 3.20. The second-order valence-electron chi connectivity index (χ2n) is 8.98. The zero-order valence-electron chi connectivity index (χ0n) is 18.7. The Kier molecular flexibility index (Phi) is 3.79. The van der Waals surface area contributed by atoms with E-state index in [4.69, 9.17) is 0 Å². The first-order chi connectivity index (χ1) is 17.0. The molecule has 0 spiro atoms. The molecule has 0 saturated carbocycles. The van der Waals surface area contributed by atoms with Gasteiger partial charge in [0, 0.05) is 71.4 Å². The lowest BCUT2D eigenvalue weighted by molar-refractivity contribution is 0.828. The molecule has 1 aromatic heterocycles. The van der Waals surface area contributed by atoms with E-state index < -0.39 is 0 Å². The van der Waals surface area contributed by atoms with Crippen molar-refractivity contribution in [2.24, 2.45) is 0 Å². The fourth-order valence-corrected chi connectivity index (χ4v) is 5.62. The molecule has 5 nitrogen and oxygen atoms in total. The molecule has 0 N–H and O–H groups in total. The maximum Gasteiger partial charge on any atom is 0.194 e. The fraction of sp³-hybridized carbons (Fsp3) is 0.0667. The molecule has 7 aromatic rings. The number of nitrogens with zero attached hydrogens (tertiary/aromatic N) is 1. The smallest absolute Gasteiger partial charge is 0.194 e. The van der Waals surface area contributed by atoms with Crippen LogP contribution in [0.15, 0.2) is 92.0 Å². The third-order valence-electron chi connectivity index (χ3n) is 7.27. The lowest BCUT2D eigenvalue weighted by atomic mass is 9.98. The first kappa shape index (κ1) is 19.8. The Bertz CT molecular complexity index is 2120. The highest BCUT2D eigenvalue weighted by Crippen LogP contribution is 2.33. The molecule has 166 valence electrons. The molecule has 0 aliphatic rings. The molecule has 0 radical (unpaired) electrons. The van der Waals surface area contributed by atoms with Crippen molar-refractivity contribution in [3.63, 3.8) is 0 Å². The molecular weight excluding hydrogens is 438 g/mol. The summed E-state index contributed by atoms with van der Waals surface area (Å²) < 4.78 is 2.03. The Morgan fingerprint density at radius 2 is 0.771 bits per heavy atom. The van der Waals surface area contributed by atoms with Gasteiger partial charge in [0.15, 0.2) is 21.7 Å². The summed E-state index contributed by atoms with van der Waals surface area (Å²) in [6.07, 6.45) is 0. The minimum Gasteiger partial charge on any atom is -0.341 e. The van der Waals surface area contributed by atoms with Crippen LogP contribution in [-0.4, -0.2) is 4.57 Å². The van der Waals surface area contributed by atoms with Crippen LogP contribution in [0.4, 0.5) is 0 Å². The van der Waals surface area contributed by atoms with E-state index in [1.807, 2.05) is 11.5 Å². The summed E-state index contributed by atoms with van der Waals surface area (Å²) in [4.78, 5) is 53.2. The minimum absolute atomic E-state index is 0.176. The van der Waals surface area contributed by atoms with Gasteiger partial charge in [-0.2, -0.15) is 0 Å². The first-order valence-corrected chi connectivity index (χ1v) is 11.5. The first-order valence-electron chi connectivity index (χ1n) is 11.5. The Balaban J connectivity index is 1.75. The van der Waals surface area contributed by atoms with E-state index in [-0.39, 0.29) is 21.7 Å². The highest BCUT2D eigenvalue weighted by Gasteiger charge is 2.18. The highest BCUT2D eigenvalue weighted by atomic mass is 16.1. The number of benzene rings is 6. The van der Waals surface area contributed by atoms with E-state index in [0.717, 1.165) is 21.8 Å². The van der Waals surface area contributed by atoms with E-state index in [1.165, 1.54) is 0 Å². The minimum atomic E-state index is -0.187. The summed E-state index contributed by atoms with van der Waals surface area (Å²) in [7, 11) is 0. The normalized spacial score (nSPS) is 12.1. The third kappa shape index (κ3) is 2.42. The summed E-state index contributed by atoms with van der Waals surface area (Å²) in [5.41, 5.74) is 0.860. The van der Waals surface area contributed by atoms with Gasteiger partial charge in [-0.1, -0.05) is 48.5 Å². The van der Waals surface area contributed by atoms with Gasteiger partial charge in [0.2, 0.25) is 0 Å². The molecule has 0 saturated heterocycles. The van der Waals surface area contributed by atoms with Crippen molar-refractivity contribution in [3.8, 4) is 0 Å². The SMILES string of the molecule is CCn1c2cc3c(=O)c4ccccc4c(=O)c3cc2c2cc3c(=O)c4ccccc4c(=O)c3cc21. The van der Waals surface area contributed by atoms with Crippen molar-refractivity contribution in [1.82, 2.24) is 4.57 Å². The second kappa shape index (κ2) is 6.70. The van der Waals surface area contributed by atoms with Crippen LogP contribution in [0.1, 0.15) is 6.92 Å². The monoisotopic (exact) mass is 455 g/mol. The lowest BCUT2D eigenvalue weighted by Gasteiger charge is -2.05. The van der Waals surface area contributed by atoms with Crippen LogP contribution in [0.3, 0.4) is 0 Å². The predicted octanol–water partition coefficient (Wildman–Crippen LogP) is 4.74. The van der Waals surface area contributed by atoms with Crippen LogP contribution in [0.5, 0.6) is 0 Å². The van der Waals surface area contributed by atoms with Crippen LogP contribution >= 0.6 is 0 Å². The van der Waals surface area contributed by atoms with Crippen molar-refractivity contribution >= 4 is 64.9 Å². The Morgan fingerprint density at radius 3 is 1.09 bits per heavy atom. The zero-order valence-corrected chi connectivity index (χ0v) is 18.7. The van der Waals surface area contributed by atoms with E-state index in [9.17, 15) is 19.2 Å². The van der Waals surface area contributed by atoms with Crippen molar-refractivity contribution in [2.75, 3.05) is 0 Å². The van der Waals surface area contributed by atoms with Crippen molar-refractivity contribution < 1.29 is 0 Å². The molecular formula is C30H17NO4. The fourth-order valence-electron chi connectivity index (χ4n) is 5.62. The summed E-state index contributed by atoms with van der Waals surface area (Å²) in [6, 6.07) is 20.8. The van der Waals surface area contributed by atoms with E-state index >= 15 is 0 Å². The molecule has 0 bridgehead atoms. The standard InChI is InChI=1S/C30H17NO4/c1-2-31-25-13-23-21(27(32)15-7-3-5-9-17(15)29(23)34)11-19(25)20-12-22-24(14-26(20)31)30(35)18-10-6-4-8-16(18)28(22)33/h3-14H,2H2,1H3. The van der Waals surface area contributed by atoms with Crippen LogP contribution in [-0.2, 0) is 6.54 Å². The highest BCUT2D eigenvalue weighted by molar-refractivity contribution is 6.17. The van der Waals surface area contributed by atoms with Gasteiger partial charge >= 0.3 is 0 Å². The summed E-state index contributed by atoms with van der Waals surface area (Å²) in [6.45, 7) is 2.58. The predicted molar refractivity (Wildman–Crippen MR) is 143 cm³/mol. The van der Waals surface area contributed by atoms with E-state index in [1.54, 1.807) is 72.8 Å². The maximum atomic E-state index is 13.3. The van der Waals surface area contributed by atoms with Crippen molar-refractivity contribution in [1.29, 1.82) is 0 Å². The molecule has 0 atom stereocenters. The molecule has 0 amide bonds. The molecule has 0 unspecified atom stereocenters. The zero-order chi connectivity index (χ0) is 24.0. The van der Waals surface area contributed by atoms with Crippen LogP contribution in [0.25, 0.3) is 64.9 Å². The summed E-state index contributed by atoms with van der Waals surface area (Å²) >= 11 is 0. The van der Waals surface area contributed by atoms with Gasteiger partial charge < -0.3 is 4.57 Å². The van der Waals surface area contributed by atoms with Gasteiger partial charge in [-0.25, -0.2) is 0 Å². The average molecular weight is 455 g/mol. The molecule has 0 aliphatic heterocycles. The van der Waals surface area contributed by atoms with Gasteiger partial charge in [-0.15, -0.1) is 0 Å². The Morgan fingerprint density at radius 1 is 0.457 bits per heavy atom. The molecule has 6 aromatic carbocycles. The van der Waals surface area contributed by atoms with Gasteiger partial charge in [-0.05, 0) is 31.2 Å². The number of hydrogen-bond acceptors (Lipinski definition) is 4.